The van der Waals surface area contributed by atoms with E-state index in [0.717, 1.165) is 0 Å². The molecule has 0 unspecified atom stereocenters. The number of rotatable bonds is 3. The number of carbonyl (C=O) groups excluding carboxylic acids is 1. The lowest BCUT2D eigenvalue weighted by Crippen LogP contribution is -2.40. The number of nitrogens with zero attached hydrogens (tertiary/aromatic N) is 1. The van der Waals surface area contributed by atoms with E-state index in [1.165, 1.54) is 18.7 Å². The summed E-state index contributed by atoms with van der Waals surface area (Å²) in [5.74, 6) is -0.264. The summed E-state index contributed by atoms with van der Waals surface area (Å²) < 4.78 is -1.59. The Balaban J connectivity index is 2.75. The Hall–Kier alpha value is -0.160. The number of amides is 1. The molecule has 0 aliphatic carbocycles. The number of hydrogen-bond acceptors (Lipinski definition) is 3. The van der Waals surface area contributed by atoms with Gasteiger partial charge in [-0.2, -0.15) is 0 Å². The molecule has 1 amide bonds. The van der Waals surface area contributed by atoms with Crippen molar-refractivity contribution in [3.63, 3.8) is 0 Å². The molecule has 0 aliphatic rings. The lowest BCUT2D eigenvalue weighted by Gasteiger charge is -2.23. The quantitative estimate of drug-likeness (QED) is 0.530. The second kappa shape index (κ2) is 5.96. The first kappa shape index (κ1) is 13.9. The zero-order valence-corrected chi connectivity index (χ0v) is 11.4. The minimum atomic E-state index is -1.59. The van der Waals surface area contributed by atoms with Crippen molar-refractivity contribution in [3.8, 4) is 0 Å². The molecular weight excluding hydrogens is 291 g/mol. The fraction of sp³-hybridized carbons (Fsp3) is 0.333. The van der Waals surface area contributed by atoms with Crippen molar-refractivity contribution in [2.75, 3.05) is 0 Å². The predicted octanol–water partition coefficient (Wildman–Crippen LogP) is 3.01. The van der Waals surface area contributed by atoms with Gasteiger partial charge < -0.3 is 5.32 Å². The van der Waals surface area contributed by atoms with Gasteiger partial charge in [-0.25, -0.2) is 4.98 Å². The Morgan fingerprint density at radius 1 is 1.50 bits per heavy atom. The molecule has 16 heavy (non-hydrogen) atoms. The molecule has 0 bridgehead atoms. The molecule has 7 heteroatoms. The average Bonchev–Trinajstić information content (AvgIpc) is 2.16. The molecule has 1 heterocycles. The Kier molecular flexibility index (Phi) is 5.18. The number of nitrogens with one attached hydrogen (secondary N) is 1. The van der Waals surface area contributed by atoms with Crippen LogP contribution in [0.4, 0.5) is 0 Å². The van der Waals surface area contributed by atoms with Crippen molar-refractivity contribution < 1.29 is 4.79 Å². The molecule has 88 valence electrons. The third-order valence-electron chi connectivity index (χ3n) is 1.51. The minimum absolute atomic E-state index is 0.264. The van der Waals surface area contributed by atoms with Gasteiger partial charge in [-0.15, -0.1) is 0 Å². The Morgan fingerprint density at radius 3 is 2.62 bits per heavy atom. The number of alkyl halides is 3. The normalized spacial score (nSPS) is 13.2. The van der Waals surface area contributed by atoms with E-state index in [9.17, 15) is 4.79 Å². The number of carbonyl (C=O) groups is 1. The van der Waals surface area contributed by atoms with E-state index in [4.69, 9.17) is 34.8 Å². The molecule has 0 radical (unpaired) electrons. The van der Waals surface area contributed by atoms with Gasteiger partial charge in [0.2, 0.25) is 9.70 Å². The van der Waals surface area contributed by atoms with E-state index in [1.54, 1.807) is 18.3 Å². The monoisotopic (exact) mass is 298 g/mol. The number of thioether (sulfide) groups is 1. The maximum absolute atomic E-state index is 11.0. The van der Waals surface area contributed by atoms with Crippen LogP contribution in [0.5, 0.6) is 0 Å². The first-order valence-electron chi connectivity index (χ1n) is 4.31. The fourth-order valence-corrected chi connectivity index (χ4v) is 2.34. The fourth-order valence-electron chi connectivity index (χ4n) is 0.900. The molecule has 1 aromatic heterocycles. The van der Waals surface area contributed by atoms with Crippen LogP contribution in [-0.4, -0.2) is 20.1 Å². The first-order chi connectivity index (χ1) is 7.39. The average molecular weight is 300 g/mol. The first-order valence-corrected chi connectivity index (χ1v) is 6.32. The van der Waals surface area contributed by atoms with Crippen LogP contribution in [0.3, 0.4) is 0 Å². The molecule has 0 aliphatic heterocycles. The summed E-state index contributed by atoms with van der Waals surface area (Å²) >= 11 is 18.5. The van der Waals surface area contributed by atoms with E-state index >= 15 is 0 Å². The highest BCUT2D eigenvalue weighted by molar-refractivity contribution is 8.00. The second-order valence-corrected chi connectivity index (χ2v) is 6.40. The third kappa shape index (κ3) is 4.78. The molecular formula is C9H9Cl3N2OS. The van der Waals surface area contributed by atoms with Crippen LogP contribution < -0.4 is 5.32 Å². The summed E-state index contributed by atoms with van der Waals surface area (Å²) in [6, 6.07) is 5.38. The summed E-state index contributed by atoms with van der Waals surface area (Å²) in [6.07, 6.45) is 1.63. The van der Waals surface area contributed by atoms with Gasteiger partial charge in [0.15, 0.2) is 0 Å². The number of pyridine rings is 1. The van der Waals surface area contributed by atoms with Crippen molar-refractivity contribution in [1.29, 1.82) is 0 Å². The van der Waals surface area contributed by atoms with Gasteiger partial charge in [0.05, 0.1) is 5.03 Å². The van der Waals surface area contributed by atoms with E-state index in [-0.39, 0.29) is 5.91 Å². The van der Waals surface area contributed by atoms with Crippen LogP contribution in [-0.2, 0) is 4.79 Å². The molecule has 1 atom stereocenters. The van der Waals surface area contributed by atoms with Crippen molar-refractivity contribution in [3.05, 3.63) is 24.4 Å². The van der Waals surface area contributed by atoms with Gasteiger partial charge >= 0.3 is 0 Å². The van der Waals surface area contributed by atoms with Gasteiger partial charge in [0, 0.05) is 13.1 Å². The summed E-state index contributed by atoms with van der Waals surface area (Å²) in [6.45, 7) is 1.36. The SMILES string of the molecule is CC(=O)N[C@@H](Sc1ccccn1)C(Cl)(Cl)Cl. The lowest BCUT2D eigenvalue weighted by atomic mass is 10.5. The van der Waals surface area contributed by atoms with Gasteiger partial charge in [0.1, 0.15) is 5.37 Å². The van der Waals surface area contributed by atoms with Gasteiger partial charge in [0.25, 0.3) is 0 Å². The largest absolute Gasteiger partial charge is 0.340 e. The summed E-state index contributed by atoms with van der Waals surface area (Å²) in [7, 11) is 0. The predicted molar refractivity (Wildman–Crippen MR) is 68.0 cm³/mol. The molecule has 0 saturated carbocycles. The summed E-state index contributed by atoms with van der Waals surface area (Å²) in [5, 5.41) is 2.55. The number of aromatic nitrogens is 1. The molecule has 0 fully saturated rings. The molecule has 1 aromatic rings. The van der Waals surface area contributed by atoms with Crippen LogP contribution in [0.25, 0.3) is 0 Å². The maximum Gasteiger partial charge on any atom is 0.220 e. The Labute approximate surface area is 113 Å². The third-order valence-corrected chi connectivity index (χ3v) is 3.74. The van der Waals surface area contributed by atoms with Crippen LogP contribution in [0, 0.1) is 0 Å². The topological polar surface area (TPSA) is 42.0 Å². The number of hydrogen-bond donors (Lipinski definition) is 1. The molecule has 0 spiro atoms. The zero-order chi connectivity index (χ0) is 12.2. The van der Waals surface area contributed by atoms with Crippen LogP contribution in [0.2, 0.25) is 0 Å². The molecule has 0 saturated heterocycles. The van der Waals surface area contributed by atoms with Crippen LogP contribution in [0.15, 0.2) is 29.4 Å². The maximum atomic E-state index is 11.0. The Bertz CT molecular complexity index is 356. The Morgan fingerprint density at radius 2 is 2.19 bits per heavy atom. The molecule has 0 aromatic carbocycles. The molecule has 3 nitrogen and oxygen atoms in total. The lowest BCUT2D eigenvalue weighted by molar-refractivity contribution is -0.119. The highest BCUT2D eigenvalue weighted by Gasteiger charge is 2.34. The highest BCUT2D eigenvalue weighted by atomic mass is 35.6. The van der Waals surface area contributed by atoms with E-state index in [0.29, 0.717) is 5.03 Å². The van der Waals surface area contributed by atoms with E-state index in [1.807, 2.05) is 6.07 Å². The number of halogens is 3. The zero-order valence-electron chi connectivity index (χ0n) is 8.28. The standard InChI is InChI=1S/C9H9Cl3N2OS/c1-6(15)14-8(9(10,11)12)16-7-4-2-3-5-13-7/h2-5,8H,1H3,(H,14,15)/t8-/m0/s1. The summed E-state index contributed by atoms with van der Waals surface area (Å²) in [4.78, 5) is 15.0. The molecule has 1 rings (SSSR count). The van der Waals surface area contributed by atoms with Gasteiger partial charge in [-0.3, -0.25) is 4.79 Å². The minimum Gasteiger partial charge on any atom is -0.340 e. The highest BCUT2D eigenvalue weighted by Crippen LogP contribution is 2.38. The van der Waals surface area contributed by atoms with Gasteiger partial charge in [-0.1, -0.05) is 52.6 Å². The van der Waals surface area contributed by atoms with Crippen molar-refractivity contribution >= 4 is 52.5 Å². The summed E-state index contributed by atoms with van der Waals surface area (Å²) in [5.41, 5.74) is 0. The molecule has 1 N–H and O–H groups in total. The van der Waals surface area contributed by atoms with Crippen molar-refractivity contribution in [2.45, 2.75) is 21.1 Å². The van der Waals surface area contributed by atoms with E-state index < -0.39 is 9.17 Å². The second-order valence-electron chi connectivity index (χ2n) is 2.91. The van der Waals surface area contributed by atoms with Crippen molar-refractivity contribution in [1.82, 2.24) is 10.3 Å². The van der Waals surface area contributed by atoms with Crippen LogP contribution in [0.1, 0.15) is 6.92 Å². The van der Waals surface area contributed by atoms with Crippen LogP contribution >= 0.6 is 46.6 Å². The van der Waals surface area contributed by atoms with E-state index in [2.05, 4.69) is 10.3 Å². The van der Waals surface area contributed by atoms with Gasteiger partial charge in [-0.05, 0) is 12.1 Å². The van der Waals surface area contributed by atoms with Crippen molar-refractivity contribution in [2.24, 2.45) is 0 Å². The smallest absolute Gasteiger partial charge is 0.220 e.